The minimum Gasteiger partial charge on any atom is -0.496 e. The number of carbonyl (C=O) groups excluding carboxylic acids is 2. The van der Waals surface area contributed by atoms with E-state index in [1.807, 2.05) is 39.0 Å². The predicted molar refractivity (Wildman–Crippen MR) is 127 cm³/mol. The Morgan fingerprint density at radius 3 is 2.61 bits per heavy atom. The summed E-state index contributed by atoms with van der Waals surface area (Å²) < 4.78 is 11.2. The molecule has 4 rings (SSSR count). The highest BCUT2D eigenvalue weighted by atomic mass is 16.5. The maximum Gasteiger partial charge on any atom is 0.291 e. The normalized spacial score (nSPS) is 14.0. The molecule has 0 radical (unpaired) electrons. The zero-order chi connectivity index (χ0) is 23.5. The highest BCUT2D eigenvalue weighted by Crippen LogP contribution is 2.31. The first-order valence-corrected chi connectivity index (χ1v) is 10.9. The van der Waals surface area contributed by atoms with Crippen LogP contribution in [0.15, 0.2) is 52.0 Å². The van der Waals surface area contributed by atoms with E-state index >= 15 is 0 Å². The lowest BCUT2D eigenvalue weighted by Crippen LogP contribution is -2.22. The number of para-hydroxylation sites is 1. The second-order valence-corrected chi connectivity index (χ2v) is 8.18. The van der Waals surface area contributed by atoms with Crippen LogP contribution in [0, 0.1) is 20.8 Å². The van der Waals surface area contributed by atoms with Crippen molar-refractivity contribution in [3.05, 3.63) is 81.8 Å². The number of furan rings is 1. The molecule has 1 aromatic heterocycles. The zero-order valence-electron chi connectivity index (χ0n) is 19.2. The molecule has 0 saturated carbocycles. The van der Waals surface area contributed by atoms with Crippen LogP contribution in [0.1, 0.15) is 61.8 Å². The van der Waals surface area contributed by atoms with Gasteiger partial charge in [0.25, 0.3) is 11.8 Å². The third kappa shape index (κ3) is 4.53. The molecule has 2 N–H and O–H groups in total. The lowest BCUT2D eigenvalue weighted by atomic mass is 9.93. The number of fused-ring (bicyclic) bond motifs is 1. The molecule has 0 bridgehead atoms. The van der Waals surface area contributed by atoms with Gasteiger partial charge in [0.05, 0.1) is 18.4 Å². The zero-order valence-corrected chi connectivity index (χ0v) is 19.2. The molecule has 1 aliphatic rings. The van der Waals surface area contributed by atoms with Crippen LogP contribution in [0.3, 0.4) is 0 Å². The average Bonchev–Trinajstić information content (AvgIpc) is 3.17. The van der Waals surface area contributed by atoms with E-state index < -0.39 is 0 Å². The topological polar surface area (TPSA) is 92.9 Å². The van der Waals surface area contributed by atoms with Gasteiger partial charge in [-0.3, -0.25) is 9.59 Å². The van der Waals surface area contributed by atoms with Gasteiger partial charge in [-0.25, -0.2) is 5.43 Å². The van der Waals surface area contributed by atoms with Crippen molar-refractivity contribution in [2.45, 2.75) is 40.0 Å². The Morgan fingerprint density at radius 2 is 1.82 bits per heavy atom. The fourth-order valence-electron chi connectivity index (χ4n) is 4.06. The predicted octanol–water partition coefficient (Wildman–Crippen LogP) is 4.94. The van der Waals surface area contributed by atoms with Crippen molar-refractivity contribution in [2.24, 2.45) is 5.10 Å². The monoisotopic (exact) mass is 445 g/mol. The van der Waals surface area contributed by atoms with Crippen molar-refractivity contribution in [1.82, 2.24) is 5.43 Å². The van der Waals surface area contributed by atoms with Crippen molar-refractivity contribution in [3.63, 3.8) is 0 Å². The van der Waals surface area contributed by atoms with Gasteiger partial charge in [0.15, 0.2) is 5.76 Å². The van der Waals surface area contributed by atoms with E-state index in [1.54, 1.807) is 24.3 Å². The Morgan fingerprint density at radius 1 is 1.03 bits per heavy atom. The Kier molecular flexibility index (Phi) is 6.31. The first-order chi connectivity index (χ1) is 15.9. The quantitative estimate of drug-likeness (QED) is 0.544. The summed E-state index contributed by atoms with van der Waals surface area (Å²) in [7, 11) is 1.52. The minimum atomic E-state index is -0.360. The van der Waals surface area contributed by atoms with E-state index in [0.29, 0.717) is 29.9 Å². The fraction of sp³-hybridized carbons (Fsp3) is 0.269. The van der Waals surface area contributed by atoms with Crippen molar-refractivity contribution >= 4 is 23.2 Å². The van der Waals surface area contributed by atoms with Gasteiger partial charge in [-0.05, 0) is 62.9 Å². The van der Waals surface area contributed by atoms with E-state index in [1.165, 1.54) is 7.11 Å². The molecule has 1 heterocycles. The van der Waals surface area contributed by atoms with Crippen LogP contribution < -0.4 is 15.5 Å². The summed E-state index contributed by atoms with van der Waals surface area (Å²) in [6.45, 7) is 5.78. The summed E-state index contributed by atoms with van der Waals surface area (Å²) in [6.07, 6.45) is 2.21. The molecule has 0 aliphatic heterocycles. The number of rotatable bonds is 5. The number of nitrogens with zero attached hydrogens (tertiary/aromatic N) is 1. The van der Waals surface area contributed by atoms with Gasteiger partial charge in [-0.2, -0.15) is 5.10 Å². The summed E-state index contributed by atoms with van der Waals surface area (Å²) in [4.78, 5) is 25.7. The number of hydrazone groups is 1. The number of aryl methyl sites for hydroxylation is 3. The van der Waals surface area contributed by atoms with E-state index in [0.717, 1.165) is 40.1 Å². The van der Waals surface area contributed by atoms with Gasteiger partial charge in [0, 0.05) is 23.2 Å². The molecule has 7 nitrogen and oxygen atoms in total. The third-order valence-corrected chi connectivity index (χ3v) is 5.82. The highest BCUT2D eigenvalue weighted by molar-refractivity contribution is 6.09. The van der Waals surface area contributed by atoms with Crippen molar-refractivity contribution < 1.29 is 18.7 Å². The number of nitrogens with one attached hydrogen (secondary N) is 2. The van der Waals surface area contributed by atoms with E-state index in [2.05, 4.69) is 15.8 Å². The second-order valence-electron chi connectivity index (χ2n) is 8.18. The van der Waals surface area contributed by atoms with E-state index in [4.69, 9.17) is 9.15 Å². The van der Waals surface area contributed by atoms with Crippen LogP contribution in [0.2, 0.25) is 0 Å². The van der Waals surface area contributed by atoms with Crippen molar-refractivity contribution in [3.8, 4) is 5.75 Å². The Labute approximate surface area is 192 Å². The second kappa shape index (κ2) is 9.32. The summed E-state index contributed by atoms with van der Waals surface area (Å²) >= 11 is 0. The Hall–Kier alpha value is -3.87. The van der Waals surface area contributed by atoms with Crippen LogP contribution in [0.4, 0.5) is 5.69 Å². The number of methoxy groups -OCH3 is 1. The van der Waals surface area contributed by atoms with Gasteiger partial charge in [0.2, 0.25) is 0 Å². The van der Waals surface area contributed by atoms with Gasteiger partial charge in [0.1, 0.15) is 11.5 Å². The molecule has 0 fully saturated rings. The lowest BCUT2D eigenvalue weighted by Gasteiger charge is -2.14. The van der Waals surface area contributed by atoms with E-state index in [-0.39, 0.29) is 17.6 Å². The first kappa shape index (κ1) is 22.3. The van der Waals surface area contributed by atoms with Gasteiger partial charge in [-0.15, -0.1) is 0 Å². The largest absolute Gasteiger partial charge is 0.496 e. The molecule has 0 atom stereocenters. The van der Waals surface area contributed by atoms with Gasteiger partial charge >= 0.3 is 0 Å². The van der Waals surface area contributed by atoms with Crippen molar-refractivity contribution in [1.29, 1.82) is 0 Å². The first-order valence-electron chi connectivity index (χ1n) is 10.9. The smallest absolute Gasteiger partial charge is 0.291 e. The lowest BCUT2D eigenvalue weighted by molar-refractivity contribution is 0.0950. The highest BCUT2D eigenvalue weighted by Gasteiger charge is 2.28. The van der Waals surface area contributed by atoms with Crippen LogP contribution in [0.25, 0.3) is 0 Å². The fourth-order valence-corrected chi connectivity index (χ4v) is 4.06. The van der Waals surface area contributed by atoms with Crippen LogP contribution in [-0.4, -0.2) is 24.6 Å². The molecule has 2 amide bonds. The number of carbonyl (C=O) groups is 2. The van der Waals surface area contributed by atoms with Gasteiger partial charge in [-0.1, -0.05) is 24.3 Å². The standard InChI is InChI=1S/C26H27N3O4/c1-15-12-13-16(2)20(14-15)27-26(31)24-17(3)23-19(9-7-11-22(23)33-24)28-29-25(30)18-8-5-6-10-21(18)32-4/h5-6,8,10,12-14H,7,9,11H2,1-4H3,(H,27,31)(H,29,30)/b28-19+. The van der Waals surface area contributed by atoms with E-state index in [9.17, 15) is 9.59 Å². The summed E-state index contributed by atoms with van der Waals surface area (Å²) in [5.74, 6) is 0.806. The molecule has 0 unspecified atom stereocenters. The number of amides is 2. The SMILES string of the molecule is COc1ccccc1C(=O)N/N=C1\CCCc2oc(C(=O)Nc3cc(C)ccc3C)c(C)c21. The average molecular weight is 446 g/mol. The molecule has 0 spiro atoms. The number of hydrogen-bond acceptors (Lipinski definition) is 5. The van der Waals surface area contributed by atoms with Crippen LogP contribution in [0.5, 0.6) is 5.75 Å². The summed E-state index contributed by atoms with van der Waals surface area (Å²) in [5, 5.41) is 7.35. The maximum absolute atomic E-state index is 13.0. The summed E-state index contributed by atoms with van der Waals surface area (Å²) in [5.41, 5.74) is 8.04. The Bertz CT molecular complexity index is 1260. The molecule has 33 heavy (non-hydrogen) atoms. The van der Waals surface area contributed by atoms with Crippen LogP contribution in [-0.2, 0) is 6.42 Å². The molecule has 1 aliphatic carbocycles. The number of ether oxygens (including phenoxy) is 1. The van der Waals surface area contributed by atoms with Gasteiger partial charge < -0.3 is 14.5 Å². The molecule has 0 saturated heterocycles. The molecular weight excluding hydrogens is 418 g/mol. The molecule has 2 aromatic carbocycles. The van der Waals surface area contributed by atoms with Crippen molar-refractivity contribution in [2.75, 3.05) is 12.4 Å². The maximum atomic E-state index is 13.0. The number of hydrogen-bond donors (Lipinski definition) is 2. The number of anilines is 1. The molecule has 7 heteroatoms. The van der Waals surface area contributed by atoms with Crippen LogP contribution >= 0.6 is 0 Å². The molecule has 170 valence electrons. The number of benzene rings is 2. The molecular formula is C26H27N3O4. The third-order valence-electron chi connectivity index (χ3n) is 5.82. The molecule has 3 aromatic rings. The Balaban J connectivity index is 1.59. The summed E-state index contributed by atoms with van der Waals surface area (Å²) in [6, 6.07) is 12.9. The minimum absolute atomic E-state index is 0.270.